The minimum atomic E-state index is -0.383. The topological polar surface area (TPSA) is 125 Å². The Kier molecular flexibility index (Phi) is 5.21. The first-order valence-electron chi connectivity index (χ1n) is 11.2. The molecule has 3 heterocycles. The fraction of sp³-hybridized carbons (Fsp3) is 0.545. The molecule has 1 aliphatic carbocycles. The molecule has 2 atom stereocenters. The summed E-state index contributed by atoms with van der Waals surface area (Å²) in [6.07, 6.45) is 6.79. The average molecular weight is 427 g/mol. The Morgan fingerprint density at radius 3 is 2.94 bits per heavy atom. The van der Waals surface area contributed by atoms with Gasteiger partial charge in [-0.3, -0.25) is 10.4 Å². The lowest BCUT2D eigenvalue weighted by Gasteiger charge is -2.39. The molecule has 1 saturated heterocycles. The van der Waals surface area contributed by atoms with Crippen LogP contribution in [0.5, 0.6) is 0 Å². The first-order chi connectivity index (χ1) is 15.0. The molecule has 31 heavy (non-hydrogen) atoms. The molecule has 5 rings (SSSR count). The molecule has 2 aromatic rings. The van der Waals surface area contributed by atoms with Crippen molar-refractivity contribution < 1.29 is 9.90 Å². The Bertz CT molecular complexity index is 970. The van der Waals surface area contributed by atoms with Crippen LogP contribution in [0.25, 0.3) is 0 Å². The first-order valence-corrected chi connectivity index (χ1v) is 11.2. The highest BCUT2D eigenvalue weighted by atomic mass is 16.6. The first kappa shape index (κ1) is 20.4. The number of aromatic nitrogens is 2. The molecule has 0 radical (unpaired) electrons. The molecule has 2 unspecified atom stereocenters. The summed E-state index contributed by atoms with van der Waals surface area (Å²) >= 11 is 0. The van der Waals surface area contributed by atoms with Crippen LogP contribution in [0.2, 0.25) is 0 Å². The SMILES string of the molecule is O=C(Nc1cc(CNC2(CO)CCCC2)[nH]n1)Nc1cccc2c1CC1CCC[N+]21[O-]. The van der Waals surface area contributed by atoms with E-state index in [1.807, 2.05) is 18.2 Å². The van der Waals surface area contributed by atoms with Crippen molar-refractivity contribution in [2.75, 3.05) is 23.8 Å². The molecule has 1 aromatic heterocycles. The van der Waals surface area contributed by atoms with E-state index in [1.165, 1.54) is 0 Å². The fourth-order valence-corrected chi connectivity index (χ4v) is 5.53. The van der Waals surface area contributed by atoms with E-state index in [-0.39, 0.29) is 28.9 Å². The van der Waals surface area contributed by atoms with E-state index in [2.05, 4.69) is 26.1 Å². The molecule has 2 fully saturated rings. The highest BCUT2D eigenvalue weighted by molar-refractivity contribution is 6.00. The van der Waals surface area contributed by atoms with Crippen LogP contribution >= 0.6 is 0 Å². The number of aromatic amines is 1. The van der Waals surface area contributed by atoms with Crippen LogP contribution in [0.4, 0.5) is 22.0 Å². The Morgan fingerprint density at radius 1 is 1.29 bits per heavy atom. The summed E-state index contributed by atoms with van der Waals surface area (Å²) in [5.41, 5.74) is 3.07. The minimum absolute atomic E-state index is 0.0736. The van der Waals surface area contributed by atoms with Crippen LogP contribution in [0, 0.1) is 5.21 Å². The minimum Gasteiger partial charge on any atom is -0.627 e. The van der Waals surface area contributed by atoms with Crippen LogP contribution in [0.15, 0.2) is 24.3 Å². The maximum absolute atomic E-state index is 13.2. The molecule has 9 heteroatoms. The number of anilines is 2. The zero-order chi connectivity index (χ0) is 21.5. The fourth-order valence-electron chi connectivity index (χ4n) is 5.53. The summed E-state index contributed by atoms with van der Waals surface area (Å²) in [7, 11) is 0. The van der Waals surface area contributed by atoms with Gasteiger partial charge >= 0.3 is 6.03 Å². The van der Waals surface area contributed by atoms with Gasteiger partial charge in [-0.1, -0.05) is 18.9 Å². The summed E-state index contributed by atoms with van der Waals surface area (Å²) in [6.45, 7) is 1.29. The van der Waals surface area contributed by atoms with Crippen molar-refractivity contribution in [2.45, 2.75) is 63.1 Å². The van der Waals surface area contributed by atoms with Crippen LogP contribution in [0.3, 0.4) is 0 Å². The molecule has 1 aromatic carbocycles. The third kappa shape index (κ3) is 3.71. The smallest absolute Gasteiger partial charge is 0.324 e. The van der Waals surface area contributed by atoms with Gasteiger partial charge in [0.05, 0.1) is 30.6 Å². The number of benzene rings is 1. The number of urea groups is 1. The van der Waals surface area contributed by atoms with E-state index < -0.39 is 0 Å². The molecule has 0 spiro atoms. The van der Waals surface area contributed by atoms with Crippen molar-refractivity contribution >= 4 is 23.2 Å². The van der Waals surface area contributed by atoms with Gasteiger partial charge in [0.15, 0.2) is 5.82 Å². The van der Waals surface area contributed by atoms with Gasteiger partial charge in [0.1, 0.15) is 5.69 Å². The monoisotopic (exact) mass is 426 g/mol. The van der Waals surface area contributed by atoms with E-state index in [1.54, 1.807) is 6.07 Å². The number of hydroxylamine groups is 2. The standard InChI is InChI=1S/C22H30N6O3/c29-14-22(8-1-2-9-22)23-13-15-11-20(27-26-15)25-21(30)24-18-6-3-7-19-17(18)12-16-5-4-10-28(16,19)31/h3,6-7,11,16,23,29H,1-2,4-5,8-10,12-14H2,(H3,24,25,26,27,30). The molecule has 166 valence electrons. The third-order valence-corrected chi connectivity index (χ3v) is 7.25. The van der Waals surface area contributed by atoms with Crippen molar-refractivity contribution in [1.82, 2.24) is 20.2 Å². The van der Waals surface area contributed by atoms with Gasteiger partial charge in [-0.25, -0.2) is 4.79 Å². The summed E-state index contributed by atoms with van der Waals surface area (Å²) < 4.78 is -0.252. The predicted octanol–water partition coefficient (Wildman–Crippen LogP) is 2.97. The summed E-state index contributed by atoms with van der Waals surface area (Å²) in [5.74, 6) is 0.430. The summed E-state index contributed by atoms with van der Waals surface area (Å²) in [5, 5.41) is 39.1. The Morgan fingerprint density at radius 2 is 2.13 bits per heavy atom. The van der Waals surface area contributed by atoms with Crippen molar-refractivity contribution in [1.29, 1.82) is 0 Å². The van der Waals surface area contributed by atoms with E-state index >= 15 is 0 Å². The van der Waals surface area contributed by atoms with E-state index in [0.717, 1.165) is 55.5 Å². The summed E-state index contributed by atoms with van der Waals surface area (Å²) in [6, 6.07) is 7.06. The zero-order valence-corrected chi connectivity index (χ0v) is 17.6. The molecular formula is C22H30N6O3. The van der Waals surface area contributed by atoms with Gasteiger partial charge in [-0.2, -0.15) is 5.10 Å². The lowest BCUT2D eigenvalue weighted by atomic mass is 9.99. The Hall–Kier alpha value is -2.46. The second-order valence-electron chi connectivity index (χ2n) is 9.18. The van der Waals surface area contributed by atoms with E-state index in [9.17, 15) is 15.1 Å². The maximum Gasteiger partial charge on any atom is 0.324 e. The molecular weight excluding hydrogens is 396 g/mol. The normalized spacial score (nSPS) is 25.9. The third-order valence-electron chi connectivity index (χ3n) is 7.25. The van der Waals surface area contributed by atoms with Crippen molar-refractivity contribution in [3.05, 3.63) is 40.7 Å². The van der Waals surface area contributed by atoms with Crippen LogP contribution in [-0.4, -0.2) is 46.1 Å². The molecule has 1 saturated carbocycles. The van der Waals surface area contributed by atoms with Gasteiger partial charge in [-0.15, -0.1) is 0 Å². The molecule has 9 nitrogen and oxygen atoms in total. The van der Waals surface area contributed by atoms with Crippen molar-refractivity contribution in [2.24, 2.45) is 0 Å². The Labute approximate surface area is 181 Å². The average Bonchev–Trinajstić information content (AvgIpc) is 3.52. The second-order valence-corrected chi connectivity index (χ2v) is 9.18. The largest absolute Gasteiger partial charge is 0.627 e. The number of fused-ring (bicyclic) bond motifs is 3. The van der Waals surface area contributed by atoms with Gasteiger partial charge in [0, 0.05) is 43.0 Å². The number of hydrogen-bond acceptors (Lipinski definition) is 5. The number of aliphatic hydroxyl groups is 1. The number of hydrogen-bond donors (Lipinski definition) is 5. The highest BCUT2D eigenvalue weighted by Gasteiger charge is 2.45. The van der Waals surface area contributed by atoms with E-state index in [0.29, 0.717) is 31.0 Å². The Balaban J connectivity index is 1.21. The molecule has 2 amide bonds. The number of amides is 2. The number of aliphatic hydroxyl groups excluding tert-OH is 1. The quantitative estimate of drug-likeness (QED) is 0.359. The summed E-state index contributed by atoms with van der Waals surface area (Å²) in [4.78, 5) is 12.6. The number of nitrogens with one attached hydrogen (secondary N) is 4. The maximum atomic E-state index is 13.2. The van der Waals surface area contributed by atoms with Gasteiger partial charge in [0.2, 0.25) is 0 Å². The second kappa shape index (κ2) is 7.90. The molecule has 5 N–H and O–H groups in total. The number of H-pyrrole nitrogens is 1. The van der Waals surface area contributed by atoms with Crippen LogP contribution in [0.1, 0.15) is 49.8 Å². The van der Waals surface area contributed by atoms with Crippen molar-refractivity contribution in [3.8, 4) is 0 Å². The molecule has 0 bridgehead atoms. The number of rotatable bonds is 6. The van der Waals surface area contributed by atoms with Crippen molar-refractivity contribution in [3.63, 3.8) is 0 Å². The van der Waals surface area contributed by atoms with Gasteiger partial charge in [0.25, 0.3) is 0 Å². The van der Waals surface area contributed by atoms with E-state index in [4.69, 9.17) is 0 Å². The molecule has 2 aliphatic heterocycles. The van der Waals surface area contributed by atoms with Gasteiger partial charge < -0.3 is 25.6 Å². The lowest BCUT2D eigenvalue weighted by Crippen LogP contribution is -2.45. The number of nitrogens with zero attached hydrogens (tertiary/aromatic N) is 2. The number of quaternary nitrogens is 1. The zero-order valence-electron chi connectivity index (χ0n) is 17.6. The van der Waals surface area contributed by atoms with Crippen LogP contribution < -0.4 is 20.6 Å². The van der Waals surface area contributed by atoms with Crippen LogP contribution in [-0.2, 0) is 13.0 Å². The predicted molar refractivity (Wildman–Crippen MR) is 120 cm³/mol. The van der Waals surface area contributed by atoms with Gasteiger partial charge in [-0.05, 0) is 25.0 Å². The molecule has 3 aliphatic rings. The lowest BCUT2D eigenvalue weighted by molar-refractivity contribution is 0.162. The number of carbonyl (C=O) groups excluding carboxylic acids is 1. The highest BCUT2D eigenvalue weighted by Crippen LogP contribution is 2.46. The number of carbonyl (C=O) groups is 1.